The molecule has 128 valence electrons. The first-order valence-corrected chi connectivity index (χ1v) is 7.58. The molecule has 0 aliphatic heterocycles. The Hall–Kier alpha value is -3.22. The molecule has 0 aliphatic carbocycles. The molecular formula is C18H16FN3O3. The zero-order valence-corrected chi connectivity index (χ0v) is 13.8. The number of halogens is 1. The summed E-state index contributed by atoms with van der Waals surface area (Å²) in [5.41, 5.74) is 1.88. The van der Waals surface area contributed by atoms with E-state index in [-0.39, 0.29) is 24.2 Å². The first-order chi connectivity index (χ1) is 11.9. The van der Waals surface area contributed by atoms with Crippen molar-refractivity contribution in [2.24, 2.45) is 0 Å². The number of aromatic nitrogens is 2. The van der Waals surface area contributed by atoms with Crippen LogP contribution in [0.15, 0.2) is 57.7 Å². The Bertz CT molecular complexity index is 941. The van der Waals surface area contributed by atoms with Gasteiger partial charge < -0.3 is 9.32 Å². The normalized spacial score (nSPS) is 10.7. The van der Waals surface area contributed by atoms with Gasteiger partial charge >= 0.3 is 5.76 Å². The van der Waals surface area contributed by atoms with Crippen molar-refractivity contribution in [3.8, 4) is 11.5 Å². The van der Waals surface area contributed by atoms with Gasteiger partial charge in [0, 0.05) is 25.2 Å². The summed E-state index contributed by atoms with van der Waals surface area (Å²) in [5, 5.41) is 4.13. The molecule has 3 aromatic rings. The van der Waals surface area contributed by atoms with Gasteiger partial charge in [-0.1, -0.05) is 12.1 Å². The smallest absolute Gasteiger partial charge is 0.388 e. The van der Waals surface area contributed by atoms with Crippen LogP contribution in [0.4, 0.5) is 4.39 Å². The van der Waals surface area contributed by atoms with Crippen LogP contribution >= 0.6 is 0 Å². The van der Waals surface area contributed by atoms with Crippen LogP contribution in [0.25, 0.3) is 11.5 Å². The van der Waals surface area contributed by atoms with Crippen LogP contribution < -0.4 is 5.76 Å². The second-order valence-corrected chi connectivity index (χ2v) is 5.73. The maximum atomic E-state index is 13.0. The first-order valence-electron chi connectivity index (χ1n) is 7.58. The Morgan fingerprint density at radius 1 is 1.12 bits per heavy atom. The molecule has 2 aromatic carbocycles. The fourth-order valence-electron chi connectivity index (χ4n) is 2.30. The maximum absolute atomic E-state index is 13.0. The van der Waals surface area contributed by atoms with Crippen molar-refractivity contribution in [3.05, 3.63) is 76.0 Å². The largest absolute Gasteiger partial charge is 0.437 e. The van der Waals surface area contributed by atoms with E-state index < -0.39 is 5.76 Å². The van der Waals surface area contributed by atoms with Crippen LogP contribution in [0.2, 0.25) is 0 Å². The van der Waals surface area contributed by atoms with Crippen molar-refractivity contribution in [1.82, 2.24) is 14.7 Å². The van der Waals surface area contributed by atoms with Crippen molar-refractivity contribution in [1.29, 1.82) is 0 Å². The lowest BCUT2D eigenvalue weighted by Gasteiger charge is -2.10. The number of benzene rings is 2. The van der Waals surface area contributed by atoms with E-state index in [1.165, 1.54) is 33.8 Å². The summed E-state index contributed by atoms with van der Waals surface area (Å²) in [4.78, 5) is 25.3. The fraction of sp³-hybridized carbons (Fsp3) is 0.167. The number of carbonyl (C=O) groups excluding carboxylic acids is 1. The summed E-state index contributed by atoms with van der Waals surface area (Å²) in [6.07, 6.45) is 0. The number of nitrogens with zero attached hydrogens (tertiary/aromatic N) is 3. The molecule has 0 N–H and O–H groups in total. The predicted molar refractivity (Wildman–Crippen MR) is 89.7 cm³/mol. The second kappa shape index (κ2) is 6.72. The van der Waals surface area contributed by atoms with E-state index >= 15 is 0 Å². The lowest BCUT2D eigenvalue weighted by atomic mass is 10.1. The molecule has 0 fully saturated rings. The first kappa shape index (κ1) is 16.6. The zero-order valence-electron chi connectivity index (χ0n) is 13.8. The standard InChI is InChI=1S/C18H16FN3O3/c1-21(2)17(23)14-5-3-12(4-6-14)11-22-18(24)25-16(20-22)13-7-9-15(19)10-8-13/h3-10H,11H2,1-2H3. The predicted octanol–water partition coefficient (Wildman–Crippen LogP) is 2.39. The Morgan fingerprint density at radius 3 is 2.36 bits per heavy atom. The summed E-state index contributed by atoms with van der Waals surface area (Å²) in [6, 6.07) is 12.4. The topological polar surface area (TPSA) is 68.3 Å². The Kier molecular flexibility index (Phi) is 4.47. The van der Waals surface area contributed by atoms with Crippen LogP contribution in [-0.4, -0.2) is 34.7 Å². The summed E-state index contributed by atoms with van der Waals surface area (Å²) in [5.74, 6) is -0.946. The molecule has 0 saturated carbocycles. The van der Waals surface area contributed by atoms with E-state index in [1.807, 2.05) is 0 Å². The van der Waals surface area contributed by atoms with E-state index in [1.54, 1.807) is 38.4 Å². The molecule has 0 atom stereocenters. The summed E-state index contributed by atoms with van der Waals surface area (Å²) in [6.45, 7) is 0.208. The SMILES string of the molecule is CN(C)C(=O)c1ccc(Cn2nc(-c3ccc(F)cc3)oc2=O)cc1. The van der Waals surface area contributed by atoms with Gasteiger partial charge in [-0.3, -0.25) is 4.79 Å². The summed E-state index contributed by atoms with van der Waals surface area (Å²) >= 11 is 0. The van der Waals surface area contributed by atoms with Gasteiger partial charge in [-0.25, -0.2) is 9.18 Å². The monoisotopic (exact) mass is 341 g/mol. The maximum Gasteiger partial charge on any atom is 0.437 e. The van der Waals surface area contributed by atoms with E-state index in [4.69, 9.17) is 4.42 Å². The van der Waals surface area contributed by atoms with Gasteiger partial charge in [-0.2, -0.15) is 4.68 Å². The number of hydrogen-bond acceptors (Lipinski definition) is 4. The van der Waals surface area contributed by atoms with Crippen molar-refractivity contribution in [2.45, 2.75) is 6.54 Å². The minimum absolute atomic E-state index is 0.0938. The third kappa shape index (κ3) is 3.65. The van der Waals surface area contributed by atoms with Crippen molar-refractivity contribution in [2.75, 3.05) is 14.1 Å². The Balaban J connectivity index is 1.80. The third-order valence-electron chi connectivity index (χ3n) is 3.64. The molecule has 1 aromatic heterocycles. The van der Waals surface area contributed by atoms with Gasteiger partial charge in [0.05, 0.1) is 6.54 Å². The molecule has 0 aliphatic rings. The van der Waals surface area contributed by atoms with E-state index in [0.717, 1.165) is 5.56 Å². The van der Waals surface area contributed by atoms with Crippen LogP contribution in [-0.2, 0) is 6.54 Å². The van der Waals surface area contributed by atoms with Crippen molar-refractivity contribution < 1.29 is 13.6 Å². The minimum atomic E-state index is -0.604. The summed E-state index contributed by atoms with van der Waals surface area (Å²) < 4.78 is 19.3. The lowest BCUT2D eigenvalue weighted by Crippen LogP contribution is -2.21. The molecule has 1 amide bonds. The highest BCUT2D eigenvalue weighted by Crippen LogP contribution is 2.16. The number of amides is 1. The van der Waals surface area contributed by atoms with Crippen LogP contribution in [0.5, 0.6) is 0 Å². The van der Waals surface area contributed by atoms with Crippen molar-refractivity contribution in [3.63, 3.8) is 0 Å². The average Bonchev–Trinajstić information content (AvgIpc) is 2.96. The molecular weight excluding hydrogens is 325 g/mol. The molecule has 1 heterocycles. The van der Waals surface area contributed by atoms with Gasteiger partial charge in [0.1, 0.15) is 5.82 Å². The lowest BCUT2D eigenvalue weighted by molar-refractivity contribution is 0.0827. The van der Waals surface area contributed by atoms with Crippen LogP contribution in [0.3, 0.4) is 0 Å². The average molecular weight is 341 g/mol. The molecule has 0 bridgehead atoms. The number of hydrogen-bond donors (Lipinski definition) is 0. The van der Waals surface area contributed by atoms with Gasteiger partial charge in [-0.15, -0.1) is 5.10 Å². The summed E-state index contributed by atoms with van der Waals surface area (Å²) in [7, 11) is 3.37. The van der Waals surface area contributed by atoms with E-state index in [0.29, 0.717) is 11.1 Å². The zero-order chi connectivity index (χ0) is 18.0. The van der Waals surface area contributed by atoms with Crippen LogP contribution in [0.1, 0.15) is 15.9 Å². The van der Waals surface area contributed by atoms with Crippen LogP contribution in [0, 0.1) is 5.82 Å². The third-order valence-corrected chi connectivity index (χ3v) is 3.64. The molecule has 0 radical (unpaired) electrons. The Morgan fingerprint density at radius 2 is 1.76 bits per heavy atom. The van der Waals surface area contributed by atoms with E-state index in [9.17, 15) is 14.0 Å². The molecule has 0 unspecified atom stereocenters. The molecule has 7 heteroatoms. The fourth-order valence-corrected chi connectivity index (χ4v) is 2.30. The van der Waals surface area contributed by atoms with E-state index in [2.05, 4.69) is 5.10 Å². The van der Waals surface area contributed by atoms with Gasteiger partial charge in [0.2, 0.25) is 5.89 Å². The van der Waals surface area contributed by atoms with Gasteiger partial charge in [-0.05, 0) is 42.0 Å². The quantitative estimate of drug-likeness (QED) is 0.731. The molecule has 3 rings (SSSR count). The highest BCUT2D eigenvalue weighted by atomic mass is 19.1. The minimum Gasteiger partial charge on any atom is -0.388 e. The molecule has 0 spiro atoms. The van der Waals surface area contributed by atoms with Crippen molar-refractivity contribution >= 4 is 5.91 Å². The number of rotatable bonds is 4. The highest BCUT2D eigenvalue weighted by Gasteiger charge is 2.12. The van der Waals surface area contributed by atoms with Gasteiger partial charge in [0.15, 0.2) is 0 Å². The molecule has 25 heavy (non-hydrogen) atoms. The highest BCUT2D eigenvalue weighted by molar-refractivity contribution is 5.93. The Labute approximate surface area is 143 Å². The van der Waals surface area contributed by atoms with Gasteiger partial charge in [0.25, 0.3) is 5.91 Å². The molecule has 6 nitrogen and oxygen atoms in total. The second-order valence-electron chi connectivity index (χ2n) is 5.73. The number of carbonyl (C=O) groups is 1. The molecule has 0 saturated heterocycles.